The lowest BCUT2D eigenvalue weighted by Gasteiger charge is -2.61. The number of hydrogen-bond donors (Lipinski definition) is 1. The molecule has 0 aliphatic heterocycles. The zero-order valence-corrected chi connectivity index (χ0v) is 23.1. The number of nitrogens with zero attached hydrogens (tertiary/aromatic N) is 5. The zero-order valence-electron chi connectivity index (χ0n) is 20.8. The average Bonchev–Trinajstić information content (AvgIpc) is 3.32. The van der Waals surface area contributed by atoms with E-state index >= 15 is 0 Å². The lowest BCUT2D eigenvalue weighted by Crippen LogP contribution is -2.57. The molecule has 2 heterocycles. The predicted octanol–water partition coefficient (Wildman–Crippen LogP) is 6.22. The minimum absolute atomic E-state index is 0.0911. The Hall–Kier alpha value is -2.79. The highest BCUT2D eigenvalue weighted by Crippen LogP contribution is 2.65. The summed E-state index contributed by atoms with van der Waals surface area (Å²) in [7, 11) is 0. The van der Waals surface area contributed by atoms with E-state index in [4.69, 9.17) is 11.6 Å². The molecule has 0 saturated heterocycles. The van der Waals surface area contributed by atoms with Crippen molar-refractivity contribution in [2.45, 2.75) is 64.0 Å². The highest BCUT2D eigenvalue weighted by molar-refractivity contribution is 9.10. The second kappa shape index (κ2) is 9.15. The van der Waals surface area contributed by atoms with E-state index in [1.165, 1.54) is 6.07 Å². The van der Waals surface area contributed by atoms with Gasteiger partial charge in [0.15, 0.2) is 10.8 Å². The summed E-state index contributed by atoms with van der Waals surface area (Å²) in [5.41, 5.74) is 0.544. The summed E-state index contributed by atoms with van der Waals surface area (Å²) in [6, 6.07) is 6.53. The number of benzene rings is 1. The van der Waals surface area contributed by atoms with Gasteiger partial charge in [-0.05, 0) is 89.6 Å². The predicted molar refractivity (Wildman–Crippen MR) is 142 cm³/mol. The topological polar surface area (TPSA) is 108 Å². The molecule has 2 unspecified atom stereocenters. The summed E-state index contributed by atoms with van der Waals surface area (Å²) in [5.74, 6) is 0.549. The fourth-order valence-electron chi connectivity index (χ4n) is 7.78. The Kier molecular flexibility index (Phi) is 6.14. The van der Waals surface area contributed by atoms with Crippen molar-refractivity contribution in [1.82, 2.24) is 19.6 Å². The molecular formula is C26H27BrClFN6O3. The van der Waals surface area contributed by atoms with Gasteiger partial charge in [-0.1, -0.05) is 29.8 Å². The Morgan fingerprint density at radius 1 is 1.26 bits per heavy atom. The Balaban J connectivity index is 1.21. The highest BCUT2D eigenvalue weighted by atomic mass is 79.9. The second-order valence-corrected chi connectivity index (χ2v) is 12.6. The Morgan fingerprint density at radius 2 is 1.97 bits per heavy atom. The molecule has 1 amide bonds. The van der Waals surface area contributed by atoms with Gasteiger partial charge < -0.3 is 15.4 Å². The number of nitro groups is 1. The molecule has 4 aliphatic carbocycles. The number of carbonyl (C=O) groups excluding carboxylic acids is 1. The van der Waals surface area contributed by atoms with Crippen molar-refractivity contribution in [3.63, 3.8) is 0 Å². The molecule has 2 aromatic heterocycles. The van der Waals surface area contributed by atoms with E-state index in [0.29, 0.717) is 39.8 Å². The molecule has 7 rings (SSSR count). The quantitative estimate of drug-likeness (QED) is 0.254. The summed E-state index contributed by atoms with van der Waals surface area (Å²) in [4.78, 5) is 24.3. The van der Waals surface area contributed by atoms with E-state index in [9.17, 15) is 19.3 Å². The molecule has 3 aromatic rings. The SMILES string of the molecule is Cc1c(Cl)c([N+](=O)[O-])nn1C12CC3CC(CC(CC(=O)Nc4nn(Cc5ccccc5F)cc4Br)(C3)C1)C2. The van der Waals surface area contributed by atoms with Gasteiger partial charge in [0.05, 0.1) is 27.3 Å². The van der Waals surface area contributed by atoms with Crippen LogP contribution in [0.4, 0.5) is 16.0 Å². The Morgan fingerprint density at radius 3 is 2.63 bits per heavy atom. The normalized spacial score (nSPS) is 27.6. The number of hydrogen-bond acceptors (Lipinski definition) is 5. The van der Waals surface area contributed by atoms with Crippen molar-refractivity contribution < 1.29 is 14.1 Å². The van der Waals surface area contributed by atoms with Gasteiger partial charge in [0, 0.05) is 18.2 Å². The summed E-state index contributed by atoms with van der Waals surface area (Å²) in [5, 5.41) is 23.4. The average molecular weight is 606 g/mol. The maximum atomic E-state index is 14.1. The van der Waals surface area contributed by atoms with Gasteiger partial charge in [0.2, 0.25) is 5.91 Å². The van der Waals surface area contributed by atoms with E-state index < -0.39 is 4.92 Å². The van der Waals surface area contributed by atoms with Gasteiger partial charge in [-0.2, -0.15) is 9.78 Å². The highest BCUT2D eigenvalue weighted by Gasteiger charge is 2.61. The van der Waals surface area contributed by atoms with Crippen LogP contribution in [0.1, 0.15) is 56.2 Å². The summed E-state index contributed by atoms with van der Waals surface area (Å²) in [6.07, 6.45) is 7.62. The maximum absolute atomic E-state index is 14.1. The van der Waals surface area contributed by atoms with Crippen LogP contribution < -0.4 is 5.32 Å². The van der Waals surface area contributed by atoms with E-state index in [0.717, 1.165) is 38.5 Å². The van der Waals surface area contributed by atoms with Crippen LogP contribution >= 0.6 is 27.5 Å². The lowest BCUT2D eigenvalue weighted by molar-refractivity contribution is -0.389. The molecule has 200 valence electrons. The van der Waals surface area contributed by atoms with Crippen molar-refractivity contribution >= 4 is 45.1 Å². The first kappa shape index (κ1) is 25.5. The lowest BCUT2D eigenvalue weighted by atomic mass is 9.46. The molecule has 0 radical (unpaired) electrons. The van der Waals surface area contributed by atoms with Gasteiger partial charge in [-0.15, -0.1) is 0 Å². The molecule has 1 aromatic carbocycles. The van der Waals surface area contributed by atoms with Crippen LogP contribution in [0, 0.1) is 40.1 Å². The van der Waals surface area contributed by atoms with Crippen molar-refractivity contribution in [3.05, 3.63) is 67.1 Å². The fraction of sp³-hybridized carbons (Fsp3) is 0.500. The summed E-state index contributed by atoms with van der Waals surface area (Å²) < 4.78 is 18.1. The Bertz CT molecular complexity index is 1440. The number of nitrogens with one attached hydrogen (secondary N) is 1. The first-order valence-corrected chi connectivity index (χ1v) is 13.9. The fourth-order valence-corrected chi connectivity index (χ4v) is 8.39. The first-order valence-electron chi connectivity index (χ1n) is 12.7. The number of anilines is 1. The van der Waals surface area contributed by atoms with Gasteiger partial charge in [-0.25, -0.2) is 4.39 Å². The van der Waals surface area contributed by atoms with E-state index in [2.05, 4.69) is 31.4 Å². The third-order valence-corrected chi connectivity index (χ3v) is 9.62. The standard InChI is InChI=1S/C26H27BrClFN6O3/c1-15-22(28)24(35(37)38)32-34(15)26-9-16-6-17(10-26)8-25(7-16,14-26)11-21(36)30-23-19(27)13-33(31-23)12-18-4-2-3-5-20(18)29/h2-5,13,16-17H,6-12,14H2,1H3,(H,30,31,36). The molecule has 4 bridgehead atoms. The number of aromatic nitrogens is 4. The molecule has 4 aliphatic rings. The summed E-state index contributed by atoms with van der Waals surface area (Å²) >= 11 is 9.78. The second-order valence-electron chi connectivity index (χ2n) is 11.4. The van der Waals surface area contributed by atoms with Crippen molar-refractivity contribution in [1.29, 1.82) is 0 Å². The summed E-state index contributed by atoms with van der Waals surface area (Å²) in [6.45, 7) is 2.03. The van der Waals surface area contributed by atoms with Crippen LogP contribution in [0.25, 0.3) is 0 Å². The van der Waals surface area contributed by atoms with Crippen LogP contribution in [0.2, 0.25) is 5.02 Å². The van der Waals surface area contributed by atoms with Gasteiger partial charge in [0.1, 0.15) is 5.82 Å². The number of rotatable bonds is 7. The third kappa shape index (κ3) is 4.33. The van der Waals surface area contributed by atoms with E-state index in [1.807, 2.05) is 0 Å². The monoisotopic (exact) mass is 604 g/mol. The van der Waals surface area contributed by atoms with Gasteiger partial charge in [-0.3, -0.25) is 9.48 Å². The minimum atomic E-state index is -0.529. The van der Waals surface area contributed by atoms with Crippen molar-refractivity contribution in [3.8, 4) is 0 Å². The van der Waals surface area contributed by atoms with Crippen LogP contribution in [0.3, 0.4) is 0 Å². The smallest absolute Gasteiger partial charge is 0.358 e. The van der Waals surface area contributed by atoms with Crippen LogP contribution in [0.5, 0.6) is 0 Å². The number of halogens is 3. The molecule has 38 heavy (non-hydrogen) atoms. The van der Waals surface area contributed by atoms with Crippen LogP contribution in [-0.4, -0.2) is 30.4 Å². The maximum Gasteiger partial charge on any atom is 0.408 e. The molecule has 2 atom stereocenters. The number of carbonyl (C=O) groups is 1. The van der Waals surface area contributed by atoms with E-state index in [1.54, 1.807) is 40.7 Å². The molecule has 4 saturated carbocycles. The first-order chi connectivity index (χ1) is 18.1. The third-order valence-electron chi connectivity index (χ3n) is 8.60. The molecular weight excluding hydrogens is 579 g/mol. The Labute approximate surface area is 232 Å². The minimum Gasteiger partial charge on any atom is -0.358 e. The molecule has 12 heteroatoms. The molecule has 9 nitrogen and oxygen atoms in total. The zero-order chi connectivity index (χ0) is 26.8. The molecule has 0 spiro atoms. The van der Waals surface area contributed by atoms with E-state index in [-0.39, 0.29) is 40.1 Å². The van der Waals surface area contributed by atoms with Crippen LogP contribution in [-0.2, 0) is 16.9 Å². The van der Waals surface area contributed by atoms with Gasteiger partial charge >= 0.3 is 5.82 Å². The van der Waals surface area contributed by atoms with Crippen molar-refractivity contribution in [2.75, 3.05) is 5.32 Å². The largest absolute Gasteiger partial charge is 0.408 e. The van der Waals surface area contributed by atoms with Crippen LogP contribution in [0.15, 0.2) is 34.9 Å². The molecule has 4 fully saturated rings. The number of amides is 1. The van der Waals surface area contributed by atoms with Crippen molar-refractivity contribution in [2.24, 2.45) is 17.3 Å². The van der Waals surface area contributed by atoms with Gasteiger partial charge in [0.25, 0.3) is 0 Å². The molecule has 1 N–H and O–H groups in total.